The number of hydrogen-bond donors (Lipinski definition) is 1. The molecule has 84 valence electrons. The fourth-order valence-corrected chi connectivity index (χ4v) is 2.46. The summed E-state index contributed by atoms with van der Waals surface area (Å²) in [5.74, 6) is 0.849. The van der Waals surface area contributed by atoms with Crippen LogP contribution in [0.4, 0.5) is 0 Å². The van der Waals surface area contributed by atoms with Gasteiger partial charge in [-0.1, -0.05) is 0 Å². The van der Waals surface area contributed by atoms with Crippen LogP contribution in [-0.4, -0.2) is 30.0 Å². The standard InChI is InChI=1S/C11H12BrN3O/c1-16-11-3-10-7(2-9(11)12)4-14-15(10)8-5-13-6-8/h2-4,8,13H,5-6H2,1H3. The molecule has 1 aromatic carbocycles. The van der Waals surface area contributed by atoms with E-state index in [1.165, 1.54) is 0 Å². The van der Waals surface area contributed by atoms with Crippen LogP contribution >= 0.6 is 15.9 Å². The average Bonchev–Trinajstić information content (AvgIpc) is 2.58. The van der Waals surface area contributed by atoms with Gasteiger partial charge in [0.05, 0.1) is 29.3 Å². The molecule has 0 atom stereocenters. The Balaban J connectivity index is 2.16. The Labute approximate surface area is 102 Å². The molecule has 1 saturated heterocycles. The predicted molar refractivity (Wildman–Crippen MR) is 65.9 cm³/mol. The van der Waals surface area contributed by atoms with E-state index in [9.17, 15) is 0 Å². The first-order valence-corrected chi connectivity index (χ1v) is 6.00. The van der Waals surface area contributed by atoms with Gasteiger partial charge in [0, 0.05) is 24.5 Å². The molecule has 3 rings (SSSR count). The van der Waals surface area contributed by atoms with Crippen molar-refractivity contribution in [2.45, 2.75) is 6.04 Å². The Bertz CT molecular complexity index is 533. The second-order valence-electron chi connectivity index (χ2n) is 3.95. The van der Waals surface area contributed by atoms with Crippen LogP contribution in [-0.2, 0) is 0 Å². The number of fused-ring (bicyclic) bond motifs is 1. The summed E-state index contributed by atoms with van der Waals surface area (Å²) >= 11 is 3.48. The molecule has 0 amide bonds. The molecule has 1 fully saturated rings. The normalized spacial score (nSPS) is 16.4. The molecular weight excluding hydrogens is 270 g/mol. The van der Waals surface area contributed by atoms with Gasteiger partial charge in [0.1, 0.15) is 5.75 Å². The van der Waals surface area contributed by atoms with Gasteiger partial charge in [-0.15, -0.1) is 0 Å². The minimum absolute atomic E-state index is 0.475. The maximum atomic E-state index is 5.31. The monoisotopic (exact) mass is 281 g/mol. The number of nitrogens with zero attached hydrogens (tertiary/aromatic N) is 2. The number of hydrogen-bond acceptors (Lipinski definition) is 3. The SMILES string of the molecule is COc1cc2c(cnn2C2CNC2)cc1Br. The Kier molecular flexibility index (Phi) is 2.37. The first-order valence-electron chi connectivity index (χ1n) is 5.21. The molecule has 0 unspecified atom stereocenters. The Hall–Kier alpha value is -1.07. The third-order valence-corrected chi connectivity index (χ3v) is 3.59. The van der Waals surface area contributed by atoms with E-state index in [2.05, 4.69) is 31.0 Å². The van der Waals surface area contributed by atoms with E-state index in [1.54, 1.807) is 7.11 Å². The number of nitrogens with one attached hydrogen (secondary N) is 1. The highest BCUT2D eigenvalue weighted by Crippen LogP contribution is 2.31. The van der Waals surface area contributed by atoms with Crippen molar-refractivity contribution in [3.8, 4) is 5.75 Å². The summed E-state index contributed by atoms with van der Waals surface area (Å²) in [7, 11) is 1.68. The van der Waals surface area contributed by atoms with Crippen LogP contribution in [0.3, 0.4) is 0 Å². The van der Waals surface area contributed by atoms with Gasteiger partial charge in [0.25, 0.3) is 0 Å². The minimum atomic E-state index is 0.475. The molecule has 1 aromatic heterocycles. The maximum Gasteiger partial charge on any atom is 0.135 e. The molecule has 0 spiro atoms. The van der Waals surface area contributed by atoms with E-state index in [4.69, 9.17) is 4.74 Å². The molecule has 4 nitrogen and oxygen atoms in total. The van der Waals surface area contributed by atoms with Gasteiger partial charge >= 0.3 is 0 Å². The van der Waals surface area contributed by atoms with Gasteiger partial charge < -0.3 is 10.1 Å². The molecule has 16 heavy (non-hydrogen) atoms. The summed E-state index contributed by atoms with van der Waals surface area (Å²) in [5, 5.41) is 8.83. The summed E-state index contributed by atoms with van der Waals surface area (Å²) in [5.41, 5.74) is 1.13. The molecule has 1 aliphatic rings. The van der Waals surface area contributed by atoms with Gasteiger partial charge in [-0.25, -0.2) is 0 Å². The van der Waals surface area contributed by atoms with Gasteiger partial charge in [0.15, 0.2) is 0 Å². The quantitative estimate of drug-likeness (QED) is 0.915. The van der Waals surface area contributed by atoms with Gasteiger partial charge in [-0.2, -0.15) is 5.10 Å². The molecule has 0 bridgehead atoms. The van der Waals surface area contributed by atoms with Crippen molar-refractivity contribution >= 4 is 26.8 Å². The topological polar surface area (TPSA) is 39.1 Å². The summed E-state index contributed by atoms with van der Waals surface area (Å²) in [4.78, 5) is 0. The highest BCUT2D eigenvalue weighted by molar-refractivity contribution is 9.10. The third-order valence-electron chi connectivity index (χ3n) is 2.97. The molecular formula is C11H12BrN3O. The molecule has 5 heteroatoms. The first-order chi connectivity index (χ1) is 7.79. The first kappa shape index (κ1) is 10.1. The van der Waals surface area contributed by atoms with E-state index >= 15 is 0 Å². The molecule has 0 saturated carbocycles. The highest BCUT2D eigenvalue weighted by atomic mass is 79.9. The zero-order valence-corrected chi connectivity index (χ0v) is 10.5. The molecule has 0 radical (unpaired) electrons. The second-order valence-corrected chi connectivity index (χ2v) is 4.80. The number of ether oxygens (including phenoxy) is 1. The summed E-state index contributed by atoms with van der Waals surface area (Å²) < 4.78 is 8.34. The lowest BCUT2D eigenvalue weighted by Crippen LogP contribution is -2.43. The summed E-state index contributed by atoms with van der Waals surface area (Å²) in [6.45, 7) is 1.99. The molecule has 1 aliphatic heterocycles. The van der Waals surface area contributed by atoms with E-state index < -0.39 is 0 Å². The van der Waals surface area contributed by atoms with E-state index in [0.29, 0.717) is 6.04 Å². The molecule has 1 N–H and O–H groups in total. The van der Waals surface area contributed by atoms with Gasteiger partial charge in [-0.05, 0) is 22.0 Å². The van der Waals surface area contributed by atoms with Crippen LogP contribution in [0.2, 0.25) is 0 Å². The smallest absolute Gasteiger partial charge is 0.135 e. The highest BCUT2D eigenvalue weighted by Gasteiger charge is 2.21. The van der Waals surface area contributed by atoms with Crippen molar-refractivity contribution in [1.82, 2.24) is 15.1 Å². The van der Waals surface area contributed by atoms with Crippen LogP contribution in [0, 0.1) is 0 Å². The number of rotatable bonds is 2. The number of methoxy groups -OCH3 is 1. The summed E-state index contributed by atoms with van der Waals surface area (Å²) in [6, 6.07) is 4.55. The van der Waals surface area contributed by atoms with Crippen molar-refractivity contribution in [2.24, 2.45) is 0 Å². The number of benzene rings is 1. The van der Waals surface area contributed by atoms with Gasteiger partial charge in [-0.3, -0.25) is 4.68 Å². The third kappa shape index (κ3) is 1.43. The predicted octanol–water partition coefficient (Wildman–Crippen LogP) is 1.95. The number of aromatic nitrogens is 2. The maximum absolute atomic E-state index is 5.31. The number of halogens is 1. The van der Waals surface area contributed by atoms with Crippen LogP contribution in [0.25, 0.3) is 10.9 Å². The average molecular weight is 282 g/mol. The van der Waals surface area contributed by atoms with E-state index in [1.807, 2.05) is 18.3 Å². The lowest BCUT2D eigenvalue weighted by atomic mass is 10.1. The fraction of sp³-hybridized carbons (Fsp3) is 0.364. The Morgan fingerprint density at radius 2 is 2.31 bits per heavy atom. The largest absolute Gasteiger partial charge is 0.495 e. The molecule has 0 aliphatic carbocycles. The lowest BCUT2D eigenvalue weighted by molar-refractivity contribution is 0.326. The van der Waals surface area contributed by atoms with Crippen molar-refractivity contribution < 1.29 is 4.74 Å². The molecule has 2 heterocycles. The van der Waals surface area contributed by atoms with Crippen LogP contribution < -0.4 is 10.1 Å². The Morgan fingerprint density at radius 1 is 1.50 bits per heavy atom. The van der Waals surface area contributed by atoms with Crippen molar-refractivity contribution in [1.29, 1.82) is 0 Å². The van der Waals surface area contributed by atoms with Crippen molar-refractivity contribution in [3.63, 3.8) is 0 Å². The van der Waals surface area contributed by atoms with Crippen LogP contribution in [0.5, 0.6) is 5.75 Å². The zero-order chi connectivity index (χ0) is 11.1. The van der Waals surface area contributed by atoms with Crippen LogP contribution in [0.15, 0.2) is 22.8 Å². The summed E-state index contributed by atoms with van der Waals surface area (Å²) in [6.07, 6.45) is 1.90. The van der Waals surface area contributed by atoms with Crippen LogP contribution in [0.1, 0.15) is 6.04 Å². The van der Waals surface area contributed by atoms with Gasteiger partial charge in [0.2, 0.25) is 0 Å². The fourth-order valence-electron chi connectivity index (χ4n) is 1.94. The van der Waals surface area contributed by atoms with E-state index in [-0.39, 0.29) is 0 Å². The zero-order valence-electron chi connectivity index (χ0n) is 8.90. The second kappa shape index (κ2) is 3.75. The molecule has 2 aromatic rings. The lowest BCUT2D eigenvalue weighted by Gasteiger charge is -2.28. The van der Waals surface area contributed by atoms with E-state index in [0.717, 1.165) is 34.2 Å². The minimum Gasteiger partial charge on any atom is -0.495 e. The Morgan fingerprint density at radius 3 is 2.94 bits per heavy atom. The van der Waals surface area contributed by atoms with Crippen molar-refractivity contribution in [3.05, 3.63) is 22.8 Å². The van der Waals surface area contributed by atoms with Crippen molar-refractivity contribution in [2.75, 3.05) is 20.2 Å².